The van der Waals surface area contributed by atoms with Crippen molar-refractivity contribution in [3.05, 3.63) is 201 Å². The largest absolute Gasteiger partial charge is 1.00 e. The molecule has 3 heteroatoms. The molecule has 0 heterocycles. The Bertz CT molecular complexity index is 2170. The number of benzene rings is 6. The van der Waals surface area contributed by atoms with Crippen LogP contribution < -0.4 is 24.8 Å². The Morgan fingerprint density at radius 3 is 1.43 bits per heavy atom. The summed E-state index contributed by atoms with van der Waals surface area (Å²) < 4.78 is 3.68. The van der Waals surface area contributed by atoms with Gasteiger partial charge < -0.3 is 24.8 Å². The maximum atomic E-state index is 2.71. The molecule has 0 aromatic heterocycles. The zero-order valence-electron chi connectivity index (χ0n) is 31.7. The van der Waals surface area contributed by atoms with E-state index in [1.165, 1.54) is 80.5 Å². The molecular weight excluding hydrogens is 775 g/mol. The van der Waals surface area contributed by atoms with Gasteiger partial charge in [-0.15, -0.1) is 0 Å². The van der Waals surface area contributed by atoms with Gasteiger partial charge in [0.2, 0.25) is 0 Å². The summed E-state index contributed by atoms with van der Waals surface area (Å²) in [6.07, 6.45) is 9.05. The van der Waals surface area contributed by atoms with E-state index in [4.69, 9.17) is 0 Å². The van der Waals surface area contributed by atoms with Gasteiger partial charge in [0.15, 0.2) is 0 Å². The Labute approximate surface area is 343 Å². The van der Waals surface area contributed by atoms with Gasteiger partial charge in [0.05, 0.1) is 0 Å². The Morgan fingerprint density at radius 1 is 0.556 bits per heavy atom. The number of allylic oxidation sites excluding steroid dienone is 4. The molecule has 2 aliphatic carbocycles. The minimum atomic E-state index is -3.01. The molecule has 0 spiro atoms. The second kappa shape index (κ2) is 17.3. The third kappa shape index (κ3) is 7.93. The predicted molar refractivity (Wildman–Crippen MR) is 219 cm³/mol. The molecule has 0 radical (unpaired) electrons. The van der Waals surface area contributed by atoms with Crippen molar-refractivity contribution in [3.8, 4) is 33.4 Å². The van der Waals surface area contributed by atoms with E-state index in [-0.39, 0.29) is 30.2 Å². The second-order valence-corrected chi connectivity index (χ2v) is 21.6. The predicted octanol–water partition coefficient (Wildman–Crippen LogP) is 7.66. The Kier molecular flexibility index (Phi) is 12.8. The van der Waals surface area contributed by atoms with Gasteiger partial charge in [-0.05, 0) is 0 Å². The zero-order valence-corrected chi connectivity index (χ0v) is 35.7. The van der Waals surface area contributed by atoms with Crippen LogP contribution in [0.25, 0.3) is 33.4 Å². The smallest absolute Gasteiger partial charge is 1.00 e. The molecular formula is C51H48Cl2Zr. The van der Waals surface area contributed by atoms with Gasteiger partial charge in [0.1, 0.15) is 0 Å². The maximum absolute atomic E-state index is 3.01. The molecule has 8 rings (SSSR count). The summed E-state index contributed by atoms with van der Waals surface area (Å²) in [5, 5.41) is 0. The summed E-state index contributed by atoms with van der Waals surface area (Å²) >= 11 is -3.01. The van der Waals surface area contributed by atoms with Crippen molar-refractivity contribution in [2.24, 2.45) is 11.3 Å². The fourth-order valence-electron chi connectivity index (χ4n) is 8.37. The second-order valence-electron chi connectivity index (χ2n) is 15.5. The molecule has 2 aliphatic rings. The minimum absolute atomic E-state index is 0. The van der Waals surface area contributed by atoms with Crippen molar-refractivity contribution >= 4 is 3.21 Å². The van der Waals surface area contributed by atoms with Crippen molar-refractivity contribution in [1.29, 1.82) is 0 Å². The zero-order chi connectivity index (χ0) is 35.7. The molecule has 6 aromatic carbocycles. The van der Waals surface area contributed by atoms with Crippen LogP contribution in [0.4, 0.5) is 0 Å². The number of rotatable bonds is 9. The topological polar surface area (TPSA) is 0 Å². The fraction of sp³-hybridized carbons (Fsp3) is 0.196. The number of fused-ring (bicyclic) bond motifs is 3. The Hall–Kier alpha value is -3.87. The van der Waals surface area contributed by atoms with Crippen molar-refractivity contribution < 1.29 is 46.1 Å². The first-order valence-electron chi connectivity index (χ1n) is 19.1. The molecule has 0 N–H and O–H groups in total. The van der Waals surface area contributed by atoms with E-state index in [0.29, 0.717) is 9.54 Å². The summed E-state index contributed by atoms with van der Waals surface area (Å²) in [6, 6.07) is 59.5. The molecule has 1 atom stereocenters. The molecule has 6 aromatic rings. The number of unbranched alkanes of at least 4 members (excludes halogenated alkanes) is 1. The average molecular weight is 823 g/mol. The quantitative estimate of drug-likeness (QED) is 0.141. The molecule has 0 fully saturated rings. The summed E-state index contributed by atoms with van der Waals surface area (Å²) in [5.41, 5.74) is 15.4. The summed E-state index contributed by atoms with van der Waals surface area (Å²) in [5.74, 6) is 0.466. The van der Waals surface area contributed by atoms with Crippen LogP contribution in [-0.4, -0.2) is 3.21 Å². The van der Waals surface area contributed by atoms with Gasteiger partial charge in [-0.1, -0.05) is 0 Å². The van der Waals surface area contributed by atoms with Gasteiger partial charge in [0, 0.05) is 0 Å². The normalized spacial score (nSPS) is 14.4. The molecule has 270 valence electrons. The summed E-state index contributed by atoms with van der Waals surface area (Å²) in [4.78, 5) is 0. The monoisotopic (exact) mass is 820 g/mol. The van der Waals surface area contributed by atoms with Gasteiger partial charge in [-0.2, -0.15) is 0 Å². The van der Waals surface area contributed by atoms with Crippen LogP contribution in [0.2, 0.25) is 0 Å². The Balaban J connectivity index is 0.00000249. The van der Waals surface area contributed by atoms with E-state index in [9.17, 15) is 0 Å². The van der Waals surface area contributed by atoms with Gasteiger partial charge >= 0.3 is 321 Å². The number of halogens is 2. The van der Waals surface area contributed by atoms with Gasteiger partial charge in [0.25, 0.3) is 0 Å². The average Bonchev–Trinajstić information content (AvgIpc) is 3.76. The molecule has 0 nitrogen and oxygen atoms in total. The first-order chi connectivity index (χ1) is 25.4. The van der Waals surface area contributed by atoms with Crippen LogP contribution in [0.5, 0.6) is 0 Å². The van der Waals surface area contributed by atoms with Crippen LogP contribution in [0.15, 0.2) is 179 Å². The first kappa shape index (κ1) is 39.8. The maximum Gasteiger partial charge on any atom is -1.00 e. The molecule has 1 unspecified atom stereocenters. The first-order valence-corrected chi connectivity index (χ1v) is 23.0. The van der Waals surface area contributed by atoms with Crippen molar-refractivity contribution in [3.63, 3.8) is 0 Å². The van der Waals surface area contributed by atoms with Crippen LogP contribution >= 0.6 is 0 Å². The van der Waals surface area contributed by atoms with Crippen LogP contribution in [0.3, 0.4) is 0 Å². The molecule has 0 bridgehead atoms. The fourth-order valence-corrected chi connectivity index (χ4v) is 18.0. The van der Waals surface area contributed by atoms with E-state index < -0.39 is 21.3 Å². The van der Waals surface area contributed by atoms with E-state index >= 15 is 0 Å². The van der Waals surface area contributed by atoms with Crippen LogP contribution in [0.1, 0.15) is 72.8 Å². The standard InChI is InChI=1S/C25H17.C13H10.C13H21.2ClH.Zr/c1-3-7-18(8-4-1)20-11-13-24-22(15-20)17-23-16-21(12-14-25(23)24)19-9-5-2-6-10-19;1-3-7-12(8-4-1)11-13-9-5-2-6-10-13;1-5-6-7-11-8-9-12(10-11)13(2,3)4;;;/h1-17H;1-10H;9-11H,5-7H2,1-4H3;2*1H;/q;;;;;+2/p-2. The van der Waals surface area contributed by atoms with Gasteiger partial charge in [-0.3, -0.25) is 0 Å². The Morgan fingerprint density at radius 2 is 1.00 bits per heavy atom. The van der Waals surface area contributed by atoms with Crippen molar-refractivity contribution in [2.75, 3.05) is 0 Å². The van der Waals surface area contributed by atoms with Crippen LogP contribution in [-0.2, 0) is 21.3 Å². The van der Waals surface area contributed by atoms with E-state index in [1.54, 1.807) is 6.49 Å². The van der Waals surface area contributed by atoms with E-state index in [0.717, 1.165) is 0 Å². The number of hydrogen-bond donors (Lipinski definition) is 0. The van der Waals surface area contributed by atoms with E-state index in [1.807, 2.05) is 0 Å². The summed E-state index contributed by atoms with van der Waals surface area (Å²) in [6.45, 7) is 9.54. The molecule has 54 heavy (non-hydrogen) atoms. The summed E-state index contributed by atoms with van der Waals surface area (Å²) in [7, 11) is 0. The molecule has 0 saturated carbocycles. The SMILES string of the molecule is CCCCC1C=C(C(C)(C)C)C=[C]1[Zr+2](=[C](c1ccccc1)c1ccccc1)[CH]1c2cc(-c3ccccc3)ccc2-c2ccc(-c3ccccc3)cc21.[Cl-].[Cl-]. The third-order valence-corrected chi connectivity index (χ3v) is 19.5. The van der Waals surface area contributed by atoms with Gasteiger partial charge in [-0.25, -0.2) is 0 Å². The molecule has 0 aliphatic heterocycles. The van der Waals surface area contributed by atoms with E-state index in [2.05, 4.69) is 198 Å². The number of hydrogen-bond acceptors (Lipinski definition) is 0. The third-order valence-electron chi connectivity index (χ3n) is 11.0. The van der Waals surface area contributed by atoms with Crippen LogP contribution in [0, 0.1) is 11.3 Å². The minimum Gasteiger partial charge on any atom is -1.00 e. The molecule has 0 amide bonds. The van der Waals surface area contributed by atoms with Crippen molar-refractivity contribution in [2.45, 2.75) is 50.6 Å². The molecule has 0 saturated heterocycles. The van der Waals surface area contributed by atoms with Crippen molar-refractivity contribution in [1.82, 2.24) is 0 Å².